The number of nitrogens with zero attached hydrogens (tertiary/aromatic N) is 2. The Labute approximate surface area is 142 Å². The molecule has 1 aliphatic rings. The van der Waals surface area contributed by atoms with Crippen LogP contribution in [-0.2, 0) is 4.74 Å². The van der Waals surface area contributed by atoms with E-state index in [4.69, 9.17) is 21.1 Å². The normalized spacial score (nSPS) is 15.4. The molecule has 0 aliphatic carbocycles. The molecule has 6 nitrogen and oxygen atoms in total. The summed E-state index contributed by atoms with van der Waals surface area (Å²) in [6.07, 6.45) is 3.13. The number of pyridine rings is 1. The summed E-state index contributed by atoms with van der Waals surface area (Å²) < 4.78 is 15.2. The van der Waals surface area contributed by atoms with Crippen molar-refractivity contribution in [3.05, 3.63) is 34.6 Å². The lowest BCUT2D eigenvalue weighted by Gasteiger charge is -2.23. The van der Waals surface area contributed by atoms with Crippen molar-refractivity contribution in [2.45, 2.75) is 25.9 Å². The van der Waals surface area contributed by atoms with E-state index in [1.165, 1.54) is 17.7 Å². The van der Waals surface area contributed by atoms with Crippen LogP contribution in [-0.4, -0.2) is 34.6 Å². The average molecular weight is 354 g/mol. The van der Waals surface area contributed by atoms with E-state index in [2.05, 4.69) is 14.7 Å². The van der Waals surface area contributed by atoms with Crippen LogP contribution < -0.4 is 10.1 Å². The van der Waals surface area contributed by atoms with Gasteiger partial charge in [-0.05, 0) is 30.6 Å². The van der Waals surface area contributed by atoms with Gasteiger partial charge in [0.15, 0.2) is 0 Å². The largest absolute Gasteiger partial charge is 0.473 e. The van der Waals surface area contributed by atoms with E-state index in [0.717, 1.165) is 18.5 Å². The highest BCUT2D eigenvalue weighted by Crippen LogP contribution is 2.26. The van der Waals surface area contributed by atoms with E-state index < -0.39 is 0 Å². The van der Waals surface area contributed by atoms with Gasteiger partial charge in [0.2, 0.25) is 5.88 Å². The summed E-state index contributed by atoms with van der Waals surface area (Å²) in [5.74, 6) is 0.0735. The summed E-state index contributed by atoms with van der Waals surface area (Å²) in [5, 5.41) is 3.78. The summed E-state index contributed by atoms with van der Waals surface area (Å²) in [6, 6.07) is 3.37. The van der Waals surface area contributed by atoms with Gasteiger partial charge in [0, 0.05) is 19.0 Å². The van der Waals surface area contributed by atoms with Crippen LogP contribution in [0.25, 0.3) is 0 Å². The predicted octanol–water partition coefficient (Wildman–Crippen LogP) is 3.31. The van der Waals surface area contributed by atoms with Crippen molar-refractivity contribution < 1.29 is 14.3 Å². The Kier molecular flexibility index (Phi) is 5.09. The first-order chi connectivity index (χ1) is 11.1. The van der Waals surface area contributed by atoms with Gasteiger partial charge in [-0.15, -0.1) is 0 Å². The summed E-state index contributed by atoms with van der Waals surface area (Å²) in [4.78, 5) is 16.4. The van der Waals surface area contributed by atoms with Gasteiger partial charge in [-0.2, -0.15) is 4.37 Å². The van der Waals surface area contributed by atoms with Gasteiger partial charge in [-0.25, -0.2) is 4.98 Å². The number of aryl methyl sites for hydroxylation is 1. The third kappa shape index (κ3) is 4.19. The highest BCUT2D eigenvalue weighted by molar-refractivity contribution is 7.10. The molecule has 8 heteroatoms. The Bertz CT molecular complexity index is 701. The molecule has 3 heterocycles. The Hall–Kier alpha value is -1.70. The molecule has 2 aromatic heterocycles. The highest BCUT2D eigenvalue weighted by atomic mass is 35.5. The first-order valence-corrected chi connectivity index (χ1v) is 8.41. The van der Waals surface area contributed by atoms with Crippen molar-refractivity contribution in [1.82, 2.24) is 9.36 Å². The molecule has 1 saturated heterocycles. The van der Waals surface area contributed by atoms with Crippen LogP contribution >= 0.6 is 23.1 Å². The monoisotopic (exact) mass is 353 g/mol. The quantitative estimate of drug-likeness (QED) is 0.912. The molecule has 2 aromatic rings. The number of aromatic nitrogens is 2. The van der Waals surface area contributed by atoms with Crippen molar-refractivity contribution >= 4 is 34.0 Å². The maximum Gasteiger partial charge on any atom is 0.257 e. The third-order valence-electron chi connectivity index (χ3n) is 3.38. The molecule has 23 heavy (non-hydrogen) atoms. The van der Waals surface area contributed by atoms with E-state index >= 15 is 0 Å². The van der Waals surface area contributed by atoms with Gasteiger partial charge in [-0.1, -0.05) is 11.6 Å². The Morgan fingerprint density at radius 3 is 2.87 bits per heavy atom. The smallest absolute Gasteiger partial charge is 0.257 e. The second kappa shape index (κ2) is 7.25. The molecular formula is C15H16ClN3O3S. The topological polar surface area (TPSA) is 73.3 Å². The SMILES string of the molecule is Cc1cc(NC(=O)c2cnc(OC3CCOCC3)c(Cl)c2)sn1. The fourth-order valence-electron chi connectivity index (χ4n) is 2.19. The first kappa shape index (κ1) is 16.2. The maximum atomic E-state index is 12.2. The summed E-state index contributed by atoms with van der Waals surface area (Å²) in [7, 11) is 0. The number of rotatable bonds is 4. The molecule has 1 amide bonds. The number of amides is 1. The number of anilines is 1. The predicted molar refractivity (Wildman–Crippen MR) is 88.5 cm³/mol. The Morgan fingerprint density at radius 1 is 1.43 bits per heavy atom. The molecule has 1 fully saturated rings. The number of nitrogens with one attached hydrogen (secondary N) is 1. The number of hydrogen-bond acceptors (Lipinski definition) is 6. The average Bonchev–Trinajstić information content (AvgIpc) is 2.95. The molecule has 0 aromatic carbocycles. The van der Waals surface area contributed by atoms with Crippen molar-refractivity contribution in [2.75, 3.05) is 18.5 Å². The molecule has 0 spiro atoms. The van der Waals surface area contributed by atoms with E-state index in [0.29, 0.717) is 34.7 Å². The highest BCUT2D eigenvalue weighted by Gasteiger charge is 2.18. The van der Waals surface area contributed by atoms with Crippen LogP contribution in [0.5, 0.6) is 5.88 Å². The molecule has 0 atom stereocenters. The minimum Gasteiger partial charge on any atom is -0.473 e. The van der Waals surface area contributed by atoms with Crippen LogP contribution in [0, 0.1) is 6.92 Å². The summed E-state index contributed by atoms with van der Waals surface area (Å²) in [5.41, 5.74) is 1.24. The van der Waals surface area contributed by atoms with Crippen molar-refractivity contribution in [3.63, 3.8) is 0 Å². The van der Waals surface area contributed by atoms with E-state index in [1.807, 2.05) is 6.92 Å². The second-order valence-electron chi connectivity index (χ2n) is 5.23. The zero-order valence-corrected chi connectivity index (χ0v) is 14.1. The van der Waals surface area contributed by atoms with Gasteiger partial charge in [0.25, 0.3) is 5.91 Å². The molecule has 122 valence electrons. The van der Waals surface area contributed by atoms with Crippen LogP contribution in [0.4, 0.5) is 5.00 Å². The minimum atomic E-state index is -0.277. The van der Waals surface area contributed by atoms with Gasteiger partial charge in [-0.3, -0.25) is 4.79 Å². The van der Waals surface area contributed by atoms with Crippen LogP contribution in [0.3, 0.4) is 0 Å². The molecule has 1 N–H and O–H groups in total. The van der Waals surface area contributed by atoms with E-state index in [1.54, 1.807) is 12.1 Å². The fourth-order valence-corrected chi connectivity index (χ4v) is 3.06. The van der Waals surface area contributed by atoms with Gasteiger partial charge >= 0.3 is 0 Å². The van der Waals surface area contributed by atoms with Crippen LogP contribution in [0.2, 0.25) is 5.02 Å². The molecule has 0 bridgehead atoms. The lowest BCUT2D eigenvalue weighted by molar-refractivity contribution is 0.0238. The molecule has 3 rings (SSSR count). The summed E-state index contributed by atoms with van der Waals surface area (Å²) in [6.45, 7) is 3.22. The fraction of sp³-hybridized carbons (Fsp3) is 0.400. The Morgan fingerprint density at radius 2 is 2.22 bits per heavy atom. The number of hydrogen-bond donors (Lipinski definition) is 1. The van der Waals surface area contributed by atoms with Crippen molar-refractivity contribution in [1.29, 1.82) is 0 Å². The summed E-state index contributed by atoms with van der Waals surface area (Å²) >= 11 is 7.42. The van der Waals surface area contributed by atoms with Crippen LogP contribution in [0.15, 0.2) is 18.3 Å². The maximum absolute atomic E-state index is 12.2. The number of carbonyl (C=O) groups is 1. The van der Waals surface area contributed by atoms with Crippen LogP contribution in [0.1, 0.15) is 28.9 Å². The number of halogens is 1. The molecule has 0 radical (unpaired) electrons. The van der Waals surface area contributed by atoms with Gasteiger partial charge in [0.05, 0.1) is 24.5 Å². The molecular weight excluding hydrogens is 338 g/mol. The number of ether oxygens (including phenoxy) is 2. The van der Waals surface area contributed by atoms with E-state index in [9.17, 15) is 4.79 Å². The van der Waals surface area contributed by atoms with Crippen molar-refractivity contribution in [2.24, 2.45) is 0 Å². The standard InChI is InChI=1S/C15H16ClN3O3S/c1-9-6-13(23-19-9)18-14(20)10-7-12(16)15(17-8-10)22-11-2-4-21-5-3-11/h6-8,11H,2-5H2,1H3,(H,18,20). The second-order valence-corrected chi connectivity index (χ2v) is 6.44. The lowest BCUT2D eigenvalue weighted by atomic mass is 10.1. The molecule has 1 aliphatic heterocycles. The van der Waals surface area contributed by atoms with E-state index in [-0.39, 0.29) is 12.0 Å². The molecule has 0 saturated carbocycles. The zero-order valence-electron chi connectivity index (χ0n) is 12.5. The number of carbonyl (C=O) groups excluding carboxylic acids is 1. The van der Waals surface area contributed by atoms with Gasteiger partial charge in [0.1, 0.15) is 16.1 Å². The zero-order chi connectivity index (χ0) is 16.2. The van der Waals surface area contributed by atoms with Gasteiger partial charge < -0.3 is 14.8 Å². The third-order valence-corrected chi connectivity index (χ3v) is 4.45. The first-order valence-electron chi connectivity index (χ1n) is 7.26. The lowest BCUT2D eigenvalue weighted by Crippen LogP contribution is -2.26. The minimum absolute atomic E-state index is 0.0496. The molecule has 0 unspecified atom stereocenters. The van der Waals surface area contributed by atoms with Crippen molar-refractivity contribution in [3.8, 4) is 5.88 Å². The Balaban J connectivity index is 1.67.